The number of esters is 2. The van der Waals surface area contributed by atoms with Crippen molar-refractivity contribution in [3.63, 3.8) is 0 Å². The van der Waals surface area contributed by atoms with Gasteiger partial charge in [0.05, 0.1) is 24.9 Å². The molecule has 2 fully saturated rings. The van der Waals surface area contributed by atoms with Crippen LogP contribution in [0.3, 0.4) is 0 Å². The fourth-order valence-electron chi connectivity index (χ4n) is 6.35. The number of hydrogen-bond donors (Lipinski definition) is 3. The van der Waals surface area contributed by atoms with Crippen molar-refractivity contribution in [1.29, 1.82) is 0 Å². The van der Waals surface area contributed by atoms with E-state index in [-0.39, 0.29) is 53.3 Å². The Hall–Kier alpha value is -3.30. The summed E-state index contributed by atoms with van der Waals surface area (Å²) in [5, 5.41) is 20.9. The zero-order valence-corrected chi connectivity index (χ0v) is 21.6. The number of anilines is 1. The van der Waals surface area contributed by atoms with Crippen LogP contribution in [0.15, 0.2) is 54.1 Å². The molecule has 9 heteroatoms. The summed E-state index contributed by atoms with van der Waals surface area (Å²) < 4.78 is 10.6. The van der Waals surface area contributed by atoms with Gasteiger partial charge >= 0.3 is 11.9 Å². The summed E-state index contributed by atoms with van der Waals surface area (Å²) in [5.41, 5.74) is 6.43. The van der Waals surface area contributed by atoms with E-state index in [4.69, 9.17) is 15.2 Å². The molecule has 2 saturated carbocycles. The summed E-state index contributed by atoms with van der Waals surface area (Å²) in [6, 6.07) is 0. The molecule has 1 aromatic rings. The number of carbonyl (C=O) groups is 2. The van der Waals surface area contributed by atoms with Gasteiger partial charge in [0.2, 0.25) is 5.95 Å². The van der Waals surface area contributed by atoms with Crippen LogP contribution in [0.4, 0.5) is 5.95 Å². The Labute approximate surface area is 216 Å². The van der Waals surface area contributed by atoms with E-state index >= 15 is 0 Å². The van der Waals surface area contributed by atoms with Gasteiger partial charge in [0.15, 0.2) is 0 Å². The standard InChI is InChI=1S/C28H35N3O6/c1-5-36-25(35)23(18-13-30-26(29)31-14-18)20-12-17(24(34)37-20)7-8-19-16(2)6-9-21-27(19,3)11-10-22(33)28(21,4)15-32/h7-8,12-14,19,21-22,32-33H,2,5-6,9-11,15H2,1,3-4H3,(H2,29,30,31)/b8-7+,23-20-/t19?,21?,22-,27-,28+/m1/s1. The van der Waals surface area contributed by atoms with Crippen LogP contribution >= 0.6 is 0 Å². The van der Waals surface area contributed by atoms with Crippen molar-refractivity contribution in [2.75, 3.05) is 18.9 Å². The van der Waals surface area contributed by atoms with Crippen LogP contribution in [-0.4, -0.2) is 51.4 Å². The Morgan fingerprint density at radius 1 is 1.32 bits per heavy atom. The van der Waals surface area contributed by atoms with E-state index in [9.17, 15) is 19.8 Å². The Morgan fingerprint density at radius 2 is 2.03 bits per heavy atom. The average Bonchev–Trinajstić information content (AvgIpc) is 3.22. The van der Waals surface area contributed by atoms with Crippen molar-refractivity contribution in [2.45, 2.75) is 52.6 Å². The Morgan fingerprint density at radius 3 is 2.68 bits per heavy atom. The van der Waals surface area contributed by atoms with Crippen LogP contribution in [0.2, 0.25) is 0 Å². The van der Waals surface area contributed by atoms with Gasteiger partial charge < -0.3 is 25.4 Å². The quantitative estimate of drug-likeness (QED) is 0.299. The fourth-order valence-corrected chi connectivity index (χ4v) is 6.35. The number of cyclic esters (lactones) is 1. The molecule has 1 aromatic heterocycles. The molecule has 0 spiro atoms. The molecule has 1 aliphatic heterocycles. The molecule has 37 heavy (non-hydrogen) atoms. The normalized spacial score (nSPS) is 33.1. The first-order valence-corrected chi connectivity index (χ1v) is 12.6. The predicted octanol–water partition coefficient (Wildman–Crippen LogP) is 3.11. The van der Waals surface area contributed by atoms with Gasteiger partial charge in [-0.1, -0.05) is 38.2 Å². The summed E-state index contributed by atoms with van der Waals surface area (Å²) in [7, 11) is 0. The summed E-state index contributed by atoms with van der Waals surface area (Å²) in [4.78, 5) is 33.4. The van der Waals surface area contributed by atoms with E-state index in [2.05, 4.69) is 23.5 Å². The number of fused-ring (bicyclic) bond motifs is 1. The van der Waals surface area contributed by atoms with Gasteiger partial charge in [-0.3, -0.25) is 0 Å². The molecule has 4 N–H and O–H groups in total. The van der Waals surface area contributed by atoms with Gasteiger partial charge in [-0.25, -0.2) is 19.6 Å². The first-order valence-electron chi connectivity index (χ1n) is 12.6. The highest BCUT2D eigenvalue weighted by molar-refractivity contribution is 6.18. The molecular weight excluding hydrogens is 474 g/mol. The van der Waals surface area contributed by atoms with Gasteiger partial charge in [-0.2, -0.15) is 0 Å². The number of aromatic nitrogens is 2. The zero-order valence-electron chi connectivity index (χ0n) is 21.6. The lowest BCUT2D eigenvalue weighted by molar-refractivity contribution is -0.145. The number of allylic oxidation sites excluding steroid dienone is 3. The highest BCUT2D eigenvalue weighted by Crippen LogP contribution is 2.61. The second kappa shape index (κ2) is 10.2. The molecule has 9 nitrogen and oxygen atoms in total. The predicted molar refractivity (Wildman–Crippen MR) is 137 cm³/mol. The van der Waals surface area contributed by atoms with E-state index < -0.39 is 23.5 Å². The average molecular weight is 510 g/mol. The minimum atomic E-state index is -0.666. The first kappa shape index (κ1) is 26.8. The van der Waals surface area contributed by atoms with Gasteiger partial charge in [0.1, 0.15) is 11.3 Å². The molecule has 3 aliphatic rings. The lowest BCUT2D eigenvalue weighted by atomic mass is 9.46. The number of ether oxygens (including phenoxy) is 2. The molecule has 0 bridgehead atoms. The van der Waals surface area contributed by atoms with Crippen LogP contribution in [0.25, 0.3) is 5.57 Å². The van der Waals surface area contributed by atoms with Crippen molar-refractivity contribution in [3.8, 4) is 0 Å². The molecule has 0 amide bonds. The van der Waals surface area contributed by atoms with Crippen LogP contribution in [-0.2, 0) is 19.1 Å². The highest BCUT2D eigenvalue weighted by Gasteiger charge is 2.57. The number of nitrogens with two attached hydrogens (primary N) is 1. The van der Waals surface area contributed by atoms with E-state index in [1.807, 2.05) is 13.0 Å². The van der Waals surface area contributed by atoms with Crippen LogP contribution < -0.4 is 5.73 Å². The minimum Gasteiger partial charge on any atom is -0.462 e. The summed E-state index contributed by atoms with van der Waals surface area (Å²) in [5.74, 6) is -1.12. The molecule has 2 aliphatic carbocycles. The SMILES string of the molecule is C=C1CCC2[C@](C)(CC[C@@H](O)[C@@]2(C)CO)C1/C=C/C1=CC(=C(/C(=O)OCC)c2cnc(N)nc2)/OC1=O. The van der Waals surface area contributed by atoms with Crippen molar-refractivity contribution < 1.29 is 29.3 Å². The van der Waals surface area contributed by atoms with Crippen LogP contribution in [0.1, 0.15) is 52.0 Å². The zero-order chi connectivity index (χ0) is 27.0. The second-order valence-corrected chi connectivity index (χ2v) is 10.6. The number of aliphatic hydroxyl groups is 2. The number of aliphatic hydroxyl groups excluding tert-OH is 2. The maximum Gasteiger partial charge on any atom is 0.343 e. The monoisotopic (exact) mass is 509 g/mol. The number of carbonyl (C=O) groups excluding carboxylic acids is 2. The van der Waals surface area contributed by atoms with Crippen molar-refractivity contribution in [3.05, 3.63) is 59.7 Å². The number of nitrogens with zero attached hydrogens (tertiary/aromatic N) is 2. The first-order chi connectivity index (χ1) is 17.5. The summed E-state index contributed by atoms with van der Waals surface area (Å²) in [6.45, 7) is 10.2. The lowest BCUT2D eigenvalue weighted by Crippen LogP contribution is -2.57. The third kappa shape index (κ3) is 4.73. The topological polar surface area (TPSA) is 145 Å². The molecule has 198 valence electrons. The third-order valence-electron chi connectivity index (χ3n) is 8.43. The van der Waals surface area contributed by atoms with E-state index in [0.717, 1.165) is 24.8 Å². The molecule has 4 rings (SSSR count). The number of rotatable bonds is 6. The third-order valence-corrected chi connectivity index (χ3v) is 8.43. The smallest absolute Gasteiger partial charge is 0.343 e. The fraction of sp³-hybridized carbons (Fsp3) is 0.500. The lowest BCUT2D eigenvalue weighted by Gasteiger charge is -2.59. The molecule has 5 atom stereocenters. The Kier molecular flexibility index (Phi) is 7.39. The Balaban J connectivity index is 1.69. The maximum absolute atomic E-state index is 12.8. The second-order valence-electron chi connectivity index (χ2n) is 10.6. The van der Waals surface area contributed by atoms with Gasteiger partial charge in [0.25, 0.3) is 0 Å². The Bertz CT molecular complexity index is 1190. The van der Waals surface area contributed by atoms with Crippen LogP contribution in [0, 0.1) is 22.7 Å². The molecule has 2 unspecified atom stereocenters. The molecule has 0 aromatic carbocycles. The molecule has 0 saturated heterocycles. The molecule has 0 radical (unpaired) electrons. The van der Waals surface area contributed by atoms with E-state index in [1.54, 1.807) is 13.0 Å². The van der Waals surface area contributed by atoms with E-state index in [1.165, 1.54) is 18.5 Å². The van der Waals surface area contributed by atoms with Crippen LogP contribution in [0.5, 0.6) is 0 Å². The van der Waals surface area contributed by atoms with E-state index in [0.29, 0.717) is 12.0 Å². The minimum absolute atomic E-state index is 0.0349. The van der Waals surface area contributed by atoms with Crippen molar-refractivity contribution in [2.24, 2.45) is 22.7 Å². The highest BCUT2D eigenvalue weighted by atomic mass is 16.6. The maximum atomic E-state index is 12.8. The van der Waals surface area contributed by atoms with Crippen molar-refractivity contribution >= 4 is 23.5 Å². The number of hydrogen-bond acceptors (Lipinski definition) is 9. The van der Waals surface area contributed by atoms with Crippen molar-refractivity contribution in [1.82, 2.24) is 9.97 Å². The van der Waals surface area contributed by atoms with Gasteiger partial charge in [0, 0.05) is 29.3 Å². The molecule has 2 heterocycles. The summed E-state index contributed by atoms with van der Waals surface area (Å²) >= 11 is 0. The summed E-state index contributed by atoms with van der Waals surface area (Å²) in [6.07, 6.45) is 10.4. The number of nitrogen functional groups attached to an aromatic ring is 1. The molecular formula is C28H35N3O6. The van der Waals surface area contributed by atoms with Gasteiger partial charge in [-0.15, -0.1) is 0 Å². The van der Waals surface area contributed by atoms with Gasteiger partial charge in [-0.05, 0) is 50.0 Å². The largest absolute Gasteiger partial charge is 0.462 e.